The summed E-state index contributed by atoms with van der Waals surface area (Å²) in [6.45, 7) is 0.865. The van der Waals surface area contributed by atoms with Crippen LogP contribution in [0.15, 0.2) is 0 Å². The molecule has 0 saturated carbocycles. The van der Waals surface area contributed by atoms with Gasteiger partial charge in [0.25, 0.3) is 0 Å². The van der Waals surface area contributed by atoms with Crippen LogP contribution < -0.4 is 5.73 Å². The smallest absolute Gasteiger partial charge is 0.152 e. The van der Waals surface area contributed by atoms with Gasteiger partial charge in [-0.1, -0.05) is 0 Å². The molecular weight excluding hydrogens is 130 g/mol. The molecular formula is C5H9N5. The van der Waals surface area contributed by atoms with Gasteiger partial charge in [-0.25, -0.2) is 4.68 Å². The second-order valence-corrected chi connectivity index (χ2v) is 2.57. The zero-order valence-electron chi connectivity index (χ0n) is 5.56. The largest absolute Gasteiger partial charge is 0.327 e. The van der Waals surface area contributed by atoms with Crippen molar-refractivity contribution in [2.24, 2.45) is 5.73 Å². The van der Waals surface area contributed by atoms with Crippen LogP contribution in [0.2, 0.25) is 0 Å². The average molecular weight is 139 g/mol. The number of aromatic nitrogens is 4. The van der Waals surface area contributed by atoms with E-state index in [0.29, 0.717) is 0 Å². The van der Waals surface area contributed by atoms with Crippen molar-refractivity contribution in [3.05, 3.63) is 5.82 Å². The van der Waals surface area contributed by atoms with E-state index in [2.05, 4.69) is 15.5 Å². The second kappa shape index (κ2) is 2.02. The molecule has 54 valence electrons. The van der Waals surface area contributed by atoms with Gasteiger partial charge in [0.15, 0.2) is 5.82 Å². The first-order valence-corrected chi connectivity index (χ1v) is 3.37. The Morgan fingerprint density at radius 3 is 3.40 bits per heavy atom. The topological polar surface area (TPSA) is 69.6 Å². The molecule has 0 aromatic carbocycles. The van der Waals surface area contributed by atoms with Crippen LogP contribution in [-0.4, -0.2) is 26.2 Å². The van der Waals surface area contributed by atoms with Gasteiger partial charge in [-0.05, 0) is 16.8 Å². The van der Waals surface area contributed by atoms with Gasteiger partial charge in [0, 0.05) is 19.0 Å². The molecule has 2 N–H and O–H groups in total. The normalized spacial score (nSPS) is 24.3. The Morgan fingerprint density at radius 1 is 1.60 bits per heavy atom. The highest BCUT2D eigenvalue weighted by Gasteiger charge is 2.16. The van der Waals surface area contributed by atoms with E-state index in [1.807, 2.05) is 4.68 Å². The van der Waals surface area contributed by atoms with Gasteiger partial charge in [0.1, 0.15) is 0 Å². The minimum absolute atomic E-state index is 0.249. The zero-order chi connectivity index (χ0) is 6.97. The Kier molecular flexibility index (Phi) is 1.17. The highest BCUT2D eigenvalue weighted by molar-refractivity contribution is 4.89. The van der Waals surface area contributed by atoms with Gasteiger partial charge in [-0.15, -0.1) is 5.10 Å². The third-order valence-electron chi connectivity index (χ3n) is 1.76. The van der Waals surface area contributed by atoms with Crippen molar-refractivity contribution < 1.29 is 0 Å². The van der Waals surface area contributed by atoms with Crippen molar-refractivity contribution >= 4 is 0 Å². The zero-order valence-corrected chi connectivity index (χ0v) is 5.56. The van der Waals surface area contributed by atoms with Crippen LogP contribution >= 0.6 is 0 Å². The van der Waals surface area contributed by atoms with Gasteiger partial charge < -0.3 is 5.73 Å². The van der Waals surface area contributed by atoms with Crippen molar-refractivity contribution in [3.63, 3.8) is 0 Å². The quantitative estimate of drug-likeness (QED) is 0.497. The van der Waals surface area contributed by atoms with Crippen LogP contribution in [0.1, 0.15) is 12.2 Å². The van der Waals surface area contributed by atoms with Crippen LogP contribution in [0.3, 0.4) is 0 Å². The van der Waals surface area contributed by atoms with Crippen molar-refractivity contribution in [2.75, 3.05) is 0 Å². The summed E-state index contributed by atoms with van der Waals surface area (Å²) < 4.78 is 1.81. The monoisotopic (exact) mass is 139 g/mol. The fraction of sp³-hybridized carbons (Fsp3) is 0.800. The number of rotatable bonds is 0. The molecule has 2 rings (SSSR count). The minimum Gasteiger partial charge on any atom is -0.327 e. The van der Waals surface area contributed by atoms with E-state index in [9.17, 15) is 0 Å². The average Bonchev–Trinajstić information content (AvgIpc) is 2.33. The standard InChI is InChI=1S/C5H9N5/c6-4-1-2-10-5(3-4)7-8-9-10/h4H,1-3,6H2. The number of hydrogen-bond acceptors (Lipinski definition) is 4. The van der Waals surface area contributed by atoms with E-state index in [4.69, 9.17) is 5.73 Å². The molecule has 2 heterocycles. The summed E-state index contributed by atoms with van der Waals surface area (Å²) in [6.07, 6.45) is 1.80. The van der Waals surface area contributed by atoms with E-state index < -0.39 is 0 Å². The number of tetrazole rings is 1. The Bertz CT molecular complexity index is 230. The molecule has 1 unspecified atom stereocenters. The summed E-state index contributed by atoms with van der Waals surface area (Å²) in [7, 11) is 0. The molecule has 0 fully saturated rings. The highest BCUT2D eigenvalue weighted by atomic mass is 15.5. The molecule has 10 heavy (non-hydrogen) atoms. The predicted molar refractivity (Wildman–Crippen MR) is 34.1 cm³/mol. The molecule has 0 amide bonds. The lowest BCUT2D eigenvalue weighted by molar-refractivity contribution is 0.429. The first-order valence-electron chi connectivity index (χ1n) is 3.37. The molecule has 0 bridgehead atoms. The van der Waals surface area contributed by atoms with Crippen molar-refractivity contribution in [3.8, 4) is 0 Å². The van der Waals surface area contributed by atoms with E-state index in [-0.39, 0.29) is 6.04 Å². The lowest BCUT2D eigenvalue weighted by atomic mass is 10.1. The van der Waals surface area contributed by atoms with E-state index in [0.717, 1.165) is 25.2 Å². The summed E-state index contributed by atoms with van der Waals surface area (Å²) in [4.78, 5) is 0. The van der Waals surface area contributed by atoms with Crippen LogP contribution in [0.25, 0.3) is 0 Å². The first kappa shape index (κ1) is 5.79. The fourth-order valence-electron chi connectivity index (χ4n) is 1.17. The van der Waals surface area contributed by atoms with E-state index >= 15 is 0 Å². The molecule has 0 spiro atoms. The van der Waals surface area contributed by atoms with Gasteiger partial charge >= 0.3 is 0 Å². The molecule has 1 aliphatic heterocycles. The third-order valence-corrected chi connectivity index (χ3v) is 1.76. The highest BCUT2D eigenvalue weighted by Crippen LogP contribution is 2.07. The van der Waals surface area contributed by atoms with Gasteiger partial charge in [0.05, 0.1) is 0 Å². The first-order chi connectivity index (χ1) is 4.86. The van der Waals surface area contributed by atoms with E-state index in [1.54, 1.807) is 0 Å². The summed E-state index contributed by atoms with van der Waals surface area (Å²) in [5.41, 5.74) is 5.70. The SMILES string of the molecule is NC1CCn2nnnc2C1. The van der Waals surface area contributed by atoms with E-state index in [1.165, 1.54) is 0 Å². The van der Waals surface area contributed by atoms with Crippen molar-refractivity contribution in [1.29, 1.82) is 0 Å². The summed E-state index contributed by atoms with van der Waals surface area (Å²) >= 11 is 0. The Hall–Kier alpha value is -0.970. The minimum atomic E-state index is 0.249. The summed E-state index contributed by atoms with van der Waals surface area (Å²) in [5.74, 6) is 0.916. The maximum absolute atomic E-state index is 5.70. The molecule has 1 aliphatic rings. The number of aryl methyl sites for hydroxylation is 1. The van der Waals surface area contributed by atoms with Crippen LogP contribution in [0, 0.1) is 0 Å². The molecule has 1 atom stereocenters. The maximum atomic E-state index is 5.70. The number of nitrogens with zero attached hydrogens (tertiary/aromatic N) is 4. The Balaban J connectivity index is 2.30. The molecule has 5 heteroatoms. The van der Waals surface area contributed by atoms with Crippen molar-refractivity contribution in [2.45, 2.75) is 25.4 Å². The molecule has 5 nitrogen and oxygen atoms in total. The lowest BCUT2D eigenvalue weighted by Crippen LogP contribution is -2.31. The van der Waals surface area contributed by atoms with Gasteiger partial charge in [-0.2, -0.15) is 0 Å². The summed E-state index contributed by atoms with van der Waals surface area (Å²) in [5, 5.41) is 11.2. The molecule has 0 saturated heterocycles. The number of hydrogen-bond donors (Lipinski definition) is 1. The third kappa shape index (κ3) is 0.786. The van der Waals surface area contributed by atoms with Crippen LogP contribution in [-0.2, 0) is 13.0 Å². The van der Waals surface area contributed by atoms with Crippen LogP contribution in [0.4, 0.5) is 0 Å². The molecule has 0 aliphatic carbocycles. The fourth-order valence-corrected chi connectivity index (χ4v) is 1.17. The molecule has 1 aromatic rings. The van der Waals surface area contributed by atoms with Crippen LogP contribution in [0.5, 0.6) is 0 Å². The maximum Gasteiger partial charge on any atom is 0.152 e. The Labute approximate surface area is 58.2 Å². The summed E-state index contributed by atoms with van der Waals surface area (Å²) in [6, 6.07) is 0.249. The van der Waals surface area contributed by atoms with Gasteiger partial charge in [-0.3, -0.25) is 0 Å². The second-order valence-electron chi connectivity index (χ2n) is 2.57. The Morgan fingerprint density at radius 2 is 2.50 bits per heavy atom. The molecule has 1 aromatic heterocycles. The lowest BCUT2D eigenvalue weighted by Gasteiger charge is -2.16. The predicted octanol–water partition coefficient (Wildman–Crippen LogP) is -1.05. The number of nitrogens with two attached hydrogens (primary N) is 1. The van der Waals surface area contributed by atoms with Crippen molar-refractivity contribution in [1.82, 2.24) is 20.2 Å². The molecule has 0 radical (unpaired) electrons. The number of fused-ring (bicyclic) bond motifs is 1. The van der Waals surface area contributed by atoms with Gasteiger partial charge in [0.2, 0.25) is 0 Å².